The number of rotatable bonds is 13. The Morgan fingerprint density at radius 3 is 2.61 bits per heavy atom. The Balaban J connectivity index is 1.27. The lowest BCUT2D eigenvalue weighted by Crippen LogP contribution is -2.28. The molecule has 2 aromatic carbocycles. The van der Waals surface area contributed by atoms with Gasteiger partial charge in [-0.15, -0.1) is 10.2 Å². The number of unbranched alkanes of at least 4 members (excludes halogenated alkanes) is 1. The van der Waals surface area contributed by atoms with E-state index >= 15 is 0 Å². The first-order valence-corrected chi connectivity index (χ1v) is 13.6. The van der Waals surface area contributed by atoms with Crippen LogP contribution in [0.5, 0.6) is 11.5 Å². The third kappa shape index (κ3) is 6.77. The number of ether oxygens (including phenoxy) is 2. The summed E-state index contributed by atoms with van der Waals surface area (Å²) in [5, 5.41) is 9.65. The summed E-state index contributed by atoms with van der Waals surface area (Å²) in [6, 6.07) is 17.8. The van der Waals surface area contributed by atoms with Crippen LogP contribution in [0.25, 0.3) is 17.3 Å². The van der Waals surface area contributed by atoms with Crippen molar-refractivity contribution in [1.82, 2.24) is 19.7 Å². The van der Waals surface area contributed by atoms with Gasteiger partial charge in [-0.2, -0.15) is 0 Å². The van der Waals surface area contributed by atoms with E-state index in [2.05, 4.69) is 29.3 Å². The molecule has 2 heterocycles. The molecule has 0 aliphatic rings. The number of benzene rings is 2. The Hall–Kier alpha value is -3.72. The summed E-state index contributed by atoms with van der Waals surface area (Å²) in [7, 11) is 5.11. The van der Waals surface area contributed by atoms with E-state index in [1.807, 2.05) is 54.1 Å². The van der Waals surface area contributed by atoms with Crippen LogP contribution < -0.4 is 9.47 Å². The van der Waals surface area contributed by atoms with Crippen LogP contribution in [0.4, 0.5) is 0 Å². The molecular weight excluding hydrogens is 500 g/mol. The molecule has 0 unspecified atom stereocenters. The summed E-state index contributed by atoms with van der Waals surface area (Å²) in [4.78, 5) is 14.5. The highest BCUT2D eigenvalue weighted by molar-refractivity contribution is 7.99. The summed E-state index contributed by atoms with van der Waals surface area (Å²) in [5.41, 5.74) is 3.26. The molecule has 0 fully saturated rings. The highest BCUT2D eigenvalue weighted by Gasteiger charge is 2.18. The zero-order valence-corrected chi connectivity index (χ0v) is 23.2. The van der Waals surface area contributed by atoms with Crippen LogP contribution in [0.3, 0.4) is 0 Å². The molecule has 4 rings (SSSR count). The smallest absolute Gasteiger partial charge is 0.222 e. The van der Waals surface area contributed by atoms with Gasteiger partial charge in [0.2, 0.25) is 11.7 Å². The lowest BCUT2D eigenvalue weighted by Gasteiger charge is -2.17. The van der Waals surface area contributed by atoms with Crippen LogP contribution in [-0.2, 0) is 11.2 Å². The molecule has 0 saturated heterocycles. The fourth-order valence-electron chi connectivity index (χ4n) is 4.12. The van der Waals surface area contributed by atoms with Gasteiger partial charge in [-0.1, -0.05) is 30.0 Å². The predicted octanol–water partition coefficient (Wildman–Crippen LogP) is 5.82. The normalized spacial score (nSPS) is 10.9. The molecule has 38 heavy (non-hydrogen) atoms. The van der Waals surface area contributed by atoms with E-state index in [1.165, 1.54) is 0 Å². The maximum Gasteiger partial charge on any atom is 0.222 e. The standard InChI is InChI=1S/C29H34N4O4S/c1-21-9-7-10-23(19-21)33-28(25-11-8-17-37-25)30-31-29(33)38-18-6-5-12-27(34)32(2)16-15-22-13-14-24(35-3)26(20-22)36-4/h7-11,13-14,17,19-20H,5-6,12,15-16,18H2,1-4H3. The van der Waals surface area contributed by atoms with Crippen LogP contribution >= 0.6 is 11.8 Å². The monoisotopic (exact) mass is 534 g/mol. The van der Waals surface area contributed by atoms with Crippen molar-refractivity contribution in [2.24, 2.45) is 0 Å². The number of likely N-dealkylation sites (N-methyl/N-ethyl adjacent to an activating group) is 1. The van der Waals surface area contributed by atoms with Crippen molar-refractivity contribution in [3.63, 3.8) is 0 Å². The highest BCUT2D eigenvalue weighted by atomic mass is 32.2. The van der Waals surface area contributed by atoms with Crippen LogP contribution in [0.15, 0.2) is 70.4 Å². The van der Waals surface area contributed by atoms with Crippen LogP contribution in [-0.4, -0.2) is 59.1 Å². The zero-order valence-electron chi connectivity index (χ0n) is 22.3. The minimum absolute atomic E-state index is 0.151. The molecule has 8 nitrogen and oxygen atoms in total. The van der Waals surface area contributed by atoms with Gasteiger partial charge in [-0.3, -0.25) is 9.36 Å². The second-order valence-electron chi connectivity index (χ2n) is 9.02. The first-order valence-electron chi connectivity index (χ1n) is 12.6. The molecule has 2 aromatic heterocycles. The van der Waals surface area contributed by atoms with E-state index in [1.54, 1.807) is 37.1 Å². The van der Waals surface area contributed by atoms with Gasteiger partial charge in [-0.25, -0.2) is 0 Å². The molecule has 9 heteroatoms. The molecule has 0 bridgehead atoms. The lowest BCUT2D eigenvalue weighted by molar-refractivity contribution is -0.129. The van der Waals surface area contributed by atoms with Gasteiger partial charge in [-0.05, 0) is 73.7 Å². The van der Waals surface area contributed by atoms with Gasteiger partial charge in [0.15, 0.2) is 22.4 Å². The SMILES string of the molecule is COc1ccc(CCN(C)C(=O)CCCCSc2nnc(-c3ccco3)n2-c2cccc(C)c2)cc1OC. The van der Waals surface area contributed by atoms with Crippen LogP contribution in [0.1, 0.15) is 30.4 Å². The van der Waals surface area contributed by atoms with Crippen molar-refractivity contribution in [2.45, 2.75) is 37.8 Å². The molecule has 200 valence electrons. The number of hydrogen-bond donors (Lipinski definition) is 0. The van der Waals surface area contributed by atoms with Gasteiger partial charge >= 0.3 is 0 Å². The average molecular weight is 535 g/mol. The van der Waals surface area contributed by atoms with E-state index in [-0.39, 0.29) is 5.91 Å². The molecule has 0 saturated carbocycles. The molecule has 0 atom stereocenters. The lowest BCUT2D eigenvalue weighted by atomic mass is 10.1. The Labute approximate surface area is 228 Å². The summed E-state index contributed by atoms with van der Waals surface area (Å²) < 4.78 is 18.3. The van der Waals surface area contributed by atoms with Crippen molar-refractivity contribution in [1.29, 1.82) is 0 Å². The molecule has 1 amide bonds. The number of hydrogen-bond acceptors (Lipinski definition) is 7. The first kappa shape index (κ1) is 27.3. The molecule has 0 spiro atoms. The summed E-state index contributed by atoms with van der Waals surface area (Å²) >= 11 is 1.64. The number of methoxy groups -OCH3 is 2. The number of carbonyl (C=O) groups excluding carboxylic acids is 1. The van der Waals surface area contributed by atoms with Gasteiger partial charge in [0.1, 0.15) is 0 Å². The second kappa shape index (κ2) is 13.2. The van der Waals surface area contributed by atoms with Gasteiger partial charge < -0.3 is 18.8 Å². The number of amides is 1. The second-order valence-corrected chi connectivity index (χ2v) is 10.1. The Kier molecular flexibility index (Phi) is 9.48. The van der Waals surface area contributed by atoms with E-state index in [9.17, 15) is 4.79 Å². The number of furan rings is 1. The van der Waals surface area contributed by atoms with Gasteiger partial charge in [0.05, 0.1) is 26.2 Å². The third-order valence-corrected chi connectivity index (χ3v) is 7.28. The largest absolute Gasteiger partial charge is 0.493 e. The van der Waals surface area contributed by atoms with E-state index in [0.717, 1.165) is 47.0 Å². The van der Waals surface area contributed by atoms with Crippen molar-refractivity contribution in [3.05, 3.63) is 72.0 Å². The van der Waals surface area contributed by atoms with Crippen molar-refractivity contribution < 1.29 is 18.7 Å². The molecule has 0 aliphatic carbocycles. The Morgan fingerprint density at radius 2 is 1.87 bits per heavy atom. The zero-order chi connectivity index (χ0) is 26.9. The van der Waals surface area contributed by atoms with E-state index < -0.39 is 0 Å². The Morgan fingerprint density at radius 1 is 1.03 bits per heavy atom. The highest BCUT2D eigenvalue weighted by Crippen LogP contribution is 2.30. The van der Waals surface area contributed by atoms with Crippen molar-refractivity contribution in [2.75, 3.05) is 33.6 Å². The maximum absolute atomic E-state index is 12.7. The minimum Gasteiger partial charge on any atom is -0.493 e. The van der Waals surface area contributed by atoms with Crippen LogP contribution in [0, 0.1) is 6.92 Å². The molecule has 0 radical (unpaired) electrons. The first-order chi connectivity index (χ1) is 18.5. The fourth-order valence-corrected chi connectivity index (χ4v) is 5.07. The number of carbonyl (C=O) groups is 1. The quantitative estimate of drug-likeness (QED) is 0.158. The summed E-state index contributed by atoms with van der Waals surface area (Å²) in [6.45, 7) is 2.72. The third-order valence-electron chi connectivity index (χ3n) is 6.26. The topological polar surface area (TPSA) is 82.6 Å². The minimum atomic E-state index is 0.151. The number of aromatic nitrogens is 3. The maximum atomic E-state index is 12.7. The molecule has 0 N–H and O–H groups in total. The molecular formula is C29H34N4O4S. The van der Waals surface area contributed by atoms with E-state index in [4.69, 9.17) is 13.9 Å². The number of aryl methyl sites for hydroxylation is 1. The van der Waals surface area contributed by atoms with Crippen molar-refractivity contribution >= 4 is 17.7 Å². The van der Waals surface area contributed by atoms with Crippen molar-refractivity contribution in [3.8, 4) is 28.8 Å². The average Bonchev–Trinajstić information content (AvgIpc) is 3.61. The van der Waals surface area contributed by atoms with Gasteiger partial charge in [0, 0.05) is 25.8 Å². The fraction of sp³-hybridized carbons (Fsp3) is 0.345. The summed E-state index contributed by atoms with van der Waals surface area (Å²) in [5.74, 6) is 3.74. The molecule has 0 aliphatic heterocycles. The van der Waals surface area contributed by atoms with Gasteiger partial charge in [0.25, 0.3) is 0 Å². The number of nitrogens with zero attached hydrogens (tertiary/aromatic N) is 4. The van der Waals surface area contributed by atoms with E-state index in [0.29, 0.717) is 36.0 Å². The Bertz CT molecular complexity index is 1340. The predicted molar refractivity (Wildman–Crippen MR) is 149 cm³/mol. The number of thioether (sulfide) groups is 1. The molecule has 4 aromatic rings. The van der Waals surface area contributed by atoms with Crippen LogP contribution in [0.2, 0.25) is 0 Å². The summed E-state index contributed by atoms with van der Waals surface area (Å²) in [6.07, 6.45) is 4.63.